The lowest BCUT2D eigenvalue weighted by Crippen LogP contribution is -2.46. The van der Waals surface area contributed by atoms with Crippen LogP contribution in [0.15, 0.2) is 24.3 Å². The molecule has 0 aliphatic carbocycles. The van der Waals surface area contributed by atoms with Crippen LogP contribution in [0.3, 0.4) is 0 Å². The molecule has 0 spiro atoms. The number of amides is 1. The Labute approximate surface area is 110 Å². The minimum absolute atomic E-state index is 0.120. The standard InChI is InChI=1S/C13H15ClN2O2/c1-13(2,7-17)16-12(18)11-5-8-3-4-9(14)6-10(8)15-11/h3-6,15,17H,7H2,1-2H3,(H,16,18). The summed E-state index contributed by atoms with van der Waals surface area (Å²) >= 11 is 5.88. The fourth-order valence-electron chi connectivity index (χ4n) is 1.64. The third kappa shape index (κ3) is 2.66. The molecule has 96 valence electrons. The van der Waals surface area contributed by atoms with Gasteiger partial charge in [0.1, 0.15) is 5.69 Å². The number of fused-ring (bicyclic) bond motifs is 1. The first-order valence-electron chi connectivity index (χ1n) is 5.63. The summed E-state index contributed by atoms with van der Waals surface area (Å²) in [6, 6.07) is 7.15. The topological polar surface area (TPSA) is 65.1 Å². The van der Waals surface area contributed by atoms with Crippen molar-refractivity contribution in [3.63, 3.8) is 0 Å². The Hall–Kier alpha value is -1.52. The van der Waals surface area contributed by atoms with Crippen LogP contribution >= 0.6 is 11.6 Å². The number of aliphatic hydroxyl groups is 1. The minimum Gasteiger partial charge on any atom is -0.394 e. The Morgan fingerprint density at radius 2 is 2.17 bits per heavy atom. The maximum atomic E-state index is 12.0. The van der Waals surface area contributed by atoms with E-state index in [1.807, 2.05) is 6.07 Å². The predicted molar refractivity (Wildman–Crippen MR) is 71.9 cm³/mol. The summed E-state index contributed by atoms with van der Waals surface area (Å²) in [6.07, 6.45) is 0. The molecule has 2 aromatic rings. The van der Waals surface area contributed by atoms with Crippen LogP contribution in [0.2, 0.25) is 5.02 Å². The fourth-order valence-corrected chi connectivity index (χ4v) is 1.81. The van der Waals surface area contributed by atoms with Gasteiger partial charge in [0.05, 0.1) is 12.1 Å². The van der Waals surface area contributed by atoms with E-state index in [4.69, 9.17) is 16.7 Å². The van der Waals surface area contributed by atoms with Crippen LogP contribution in [0.25, 0.3) is 10.9 Å². The zero-order valence-electron chi connectivity index (χ0n) is 10.2. The van der Waals surface area contributed by atoms with Crippen LogP contribution < -0.4 is 5.32 Å². The van der Waals surface area contributed by atoms with Crippen molar-refractivity contribution in [3.05, 3.63) is 35.0 Å². The highest BCUT2D eigenvalue weighted by atomic mass is 35.5. The Balaban J connectivity index is 2.28. The Morgan fingerprint density at radius 1 is 1.44 bits per heavy atom. The van der Waals surface area contributed by atoms with Gasteiger partial charge in [0.2, 0.25) is 0 Å². The molecule has 3 N–H and O–H groups in total. The summed E-state index contributed by atoms with van der Waals surface area (Å²) in [5, 5.41) is 13.4. The van der Waals surface area contributed by atoms with Gasteiger partial charge in [-0.05, 0) is 32.0 Å². The molecule has 4 nitrogen and oxygen atoms in total. The zero-order chi connectivity index (χ0) is 13.3. The van der Waals surface area contributed by atoms with Crippen LogP contribution in [0.4, 0.5) is 0 Å². The molecule has 2 rings (SSSR count). The van der Waals surface area contributed by atoms with Crippen LogP contribution in [0, 0.1) is 0 Å². The monoisotopic (exact) mass is 266 g/mol. The largest absolute Gasteiger partial charge is 0.394 e. The maximum absolute atomic E-state index is 12.0. The van der Waals surface area contributed by atoms with Crippen molar-refractivity contribution in [1.82, 2.24) is 10.3 Å². The normalized spacial score (nSPS) is 11.8. The summed E-state index contributed by atoms with van der Waals surface area (Å²) in [7, 11) is 0. The molecule has 1 amide bonds. The number of H-pyrrole nitrogens is 1. The first kappa shape index (κ1) is 12.9. The molecule has 1 heterocycles. The fraction of sp³-hybridized carbons (Fsp3) is 0.308. The van der Waals surface area contributed by atoms with Gasteiger partial charge in [-0.2, -0.15) is 0 Å². The number of nitrogens with one attached hydrogen (secondary N) is 2. The zero-order valence-corrected chi connectivity index (χ0v) is 11.0. The number of hydrogen-bond acceptors (Lipinski definition) is 2. The second-order valence-electron chi connectivity index (χ2n) is 4.91. The van der Waals surface area contributed by atoms with Gasteiger partial charge >= 0.3 is 0 Å². The molecule has 5 heteroatoms. The third-order valence-electron chi connectivity index (χ3n) is 2.68. The van der Waals surface area contributed by atoms with Gasteiger partial charge in [-0.1, -0.05) is 17.7 Å². The van der Waals surface area contributed by atoms with Gasteiger partial charge in [0.25, 0.3) is 5.91 Å². The van der Waals surface area contributed by atoms with Gasteiger partial charge in [-0.25, -0.2) is 0 Å². The lowest BCUT2D eigenvalue weighted by molar-refractivity contribution is 0.0865. The third-order valence-corrected chi connectivity index (χ3v) is 2.91. The Morgan fingerprint density at radius 3 is 2.83 bits per heavy atom. The van der Waals surface area contributed by atoms with E-state index in [0.717, 1.165) is 10.9 Å². The molecule has 1 aromatic heterocycles. The van der Waals surface area contributed by atoms with Gasteiger partial charge in [0.15, 0.2) is 0 Å². The highest BCUT2D eigenvalue weighted by Gasteiger charge is 2.20. The van der Waals surface area contributed by atoms with E-state index in [1.54, 1.807) is 32.0 Å². The number of carbonyl (C=O) groups is 1. The van der Waals surface area contributed by atoms with Crippen LogP contribution in [0.5, 0.6) is 0 Å². The summed E-state index contributed by atoms with van der Waals surface area (Å²) in [5.41, 5.74) is 0.620. The SMILES string of the molecule is CC(C)(CO)NC(=O)c1cc2ccc(Cl)cc2[nH]1. The van der Waals surface area contributed by atoms with Crippen LogP contribution in [-0.4, -0.2) is 28.1 Å². The van der Waals surface area contributed by atoms with E-state index in [2.05, 4.69) is 10.3 Å². The van der Waals surface area contributed by atoms with Gasteiger partial charge in [-0.15, -0.1) is 0 Å². The average Bonchev–Trinajstić information content (AvgIpc) is 2.71. The van der Waals surface area contributed by atoms with Crippen molar-refractivity contribution in [2.24, 2.45) is 0 Å². The van der Waals surface area contributed by atoms with Crippen molar-refractivity contribution in [1.29, 1.82) is 0 Å². The number of carbonyl (C=O) groups excluding carboxylic acids is 1. The van der Waals surface area contributed by atoms with E-state index in [9.17, 15) is 4.79 Å². The van der Waals surface area contributed by atoms with Crippen LogP contribution in [0.1, 0.15) is 24.3 Å². The molecular formula is C13H15ClN2O2. The van der Waals surface area contributed by atoms with E-state index < -0.39 is 5.54 Å². The van der Waals surface area contributed by atoms with Gasteiger partial charge in [-0.3, -0.25) is 4.79 Å². The molecule has 18 heavy (non-hydrogen) atoms. The molecule has 0 aliphatic rings. The summed E-state index contributed by atoms with van der Waals surface area (Å²) in [5.74, 6) is -0.249. The number of aromatic nitrogens is 1. The maximum Gasteiger partial charge on any atom is 0.268 e. The molecule has 0 atom stereocenters. The summed E-state index contributed by atoms with van der Waals surface area (Å²) in [4.78, 5) is 15.0. The lowest BCUT2D eigenvalue weighted by atomic mass is 10.1. The summed E-state index contributed by atoms with van der Waals surface area (Å²) < 4.78 is 0. The van der Waals surface area contributed by atoms with E-state index >= 15 is 0 Å². The van der Waals surface area contributed by atoms with Crippen LogP contribution in [-0.2, 0) is 0 Å². The van der Waals surface area contributed by atoms with Crippen molar-refractivity contribution in [3.8, 4) is 0 Å². The van der Waals surface area contributed by atoms with E-state index in [1.165, 1.54) is 0 Å². The van der Waals surface area contributed by atoms with Crippen molar-refractivity contribution < 1.29 is 9.90 Å². The Bertz CT molecular complexity index is 590. The number of halogens is 1. The molecule has 0 bridgehead atoms. The second-order valence-corrected chi connectivity index (χ2v) is 5.35. The van der Waals surface area contributed by atoms with Gasteiger partial charge < -0.3 is 15.4 Å². The molecule has 0 radical (unpaired) electrons. The van der Waals surface area contributed by atoms with Crippen molar-refractivity contribution in [2.75, 3.05) is 6.61 Å². The molecule has 1 aromatic carbocycles. The second kappa shape index (κ2) is 4.63. The smallest absolute Gasteiger partial charge is 0.268 e. The average molecular weight is 267 g/mol. The molecular weight excluding hydrogens is 252 g/mol. The lowest BCUT2D eigenvalue weighted by Gasteiger charge is -2.22. The molecule has 0 aliphatic heterocycles. The number of benzene rings is 1. The van der Waals surface area contributed by atoms with E-state index in [0.29, 0.717) is 10.7 Å². The predicted octanol–water partition coefficient (Wildman–Crippen LogP) is 2.32. The number of aromatic amines is 1. The number of rotatable bonds is 3. The van der Waals surface area contributed by atoms with E-state index in [-0.39, 0.29) is 12.5 Å². The van der Waals surface area contributed by atoms with Gasteiger partial charge in [0, 0.05) is 15.9 Å². The highest BCUT2D eigenvalue weighted by Crippen LogP contribution is 2.20. The summed E-state index contributed by atoms with van der Waals surface area (Å²) in [6.45, 7) is 3.39. The molecule has 0 saturated carbocycles. The van der Waals surface area contributed by atoms with Crippen molar-refractivity contribution in [2.45, 2.75) is 19.4 Å². The molecule has 0 saturated heterocycles. The first-order valence-corrected chi connectivity index (χ1v) is 6.01. The molecule has 0 unspecified atom stereocenters. The number of aliphatic hydroxyl groups excluding tert-OH is 1. The van der Waals surface area contributed by atoms with Crippen molar-refractivity contribution >= 4 is 28.4 Å². The highest BCUT2D eigenvalue weighted by molar-refractivity contribution is 6.31. The number of hydrogen-bond donors (Lipinski definition) is 3. The molecule has 0 fully saturated rings. The first-order chi connectivity index (χ1) is 8.41. The minimum atomic E-state index is -0.647. The Kier molecular flexibility index (Phi) is 3.32. The quantitative estimate of drug-likeness (QED) is 0.798.